The van der Waals surface area contributed by atoms with Crippen molar-refractivity contribution in [2.45, 2.75) is 6.61 Å². The summed E-state index contributed by atoms with van der Waals surface area (Å²) in [5, 5.41) is 11.2. The quantitative estimate of drug-likeness (QED) is 0.261. The third-order valence-corrected chi connectivity index (χ3v) is 6.36. The summed E-state index contributed by atoms with van der Waals surface area (Å²) in [5.74, 6) is 1.10. The zero-order valence-electron chi connectivity index (χ0n) is 21.1. The van der Waals surface area contributed by atoms with Gasteiger partial charge in [-0.05, 0) is 42.0 Å². The van der Waals surface area contributed by atoms with Crippen molar-refractivity contribution in [1.29, 1.82) is 0 Å². The molecule has 0 spiro atoms. The van der Waals surface area contributed by atoms with E-state index in [1.54, 1.807) is 30.3 Å². The van der Waals surface area contributed by atoms with E-state index in [2.05, 4.69) is 19.4 Å². The first-order chi connectivity index (χ1) is 18.5. The van der Waals surface area contributed by atoms with Gasteiger partial charge in [-0.2, -0.15) is 0 Å². The van der Waals surface area contributed by atoms with Crippen LogP contribution in [-0.4, -0.2) is 44.4 Å². The monoisotopic (exact) mass is 566 g/mol. The molecule has 0 aliphatic carbocycles. The van der Waals surface area contributed by atoms with Gasteiger partial charge in [0, 0.05) is 10.8 Å². The molecule has 0 bridgehead atoms. The Morgan fingerprint density at radius 2 is 1.21 bits per heavy atom. The lowest BCUT2D eigenvalue weighted by atomic mass is 10.2. The normalized spacial score (nSPS) is 11.4. The second-order valence-corrected chi connectivity index (χ2v) is 12.1. The summed E-state index contributed by atoms with van der Waals surface area (Å²) in [6.07, 6.45) is 2.14. The molecule has 3 aromatic carbocycles. The number of hydrogen-bond donors (Lipinski definition) is 3. The van der Waals surface area contributed by atoms with Gasteiger partial charge in [0.15, 0.2) is 0 Å². The lowest BCUT2D eigenvalue weighted by Crippen LogP contribution is -2.10. The van der Waals surface area contributed by atoms with Gasteiger partial charge in [-0.3, -0.25) is 9.44 Å². The summed E-state index contributed by atoms with van der Waals surface area (Å²) < 4.78 is 55.2. The number of fused-ring (bicyclic) bond motifs is 2. The number of sulfonamides is 2. The van der Waals surface area contributed by atoms with Crippen LogP contribution in [0.3, 0.4) is 0 Å². The Labute approximate surface area is 226 Å². The Balaban J connectivity index is 0.000000193. The largest absolute Gasteiger partial charge is 0.506 e. The van der Waals surface area contributed by atoms with E-state index < -0.39 is 20.0 Å². The number of pyridine rings is 2. The van der Waals surface area contributed by atoms with Crippen LogP contribution in [0.25, 0.3) is 21.8 Å². The molecule has 202 valence electrons. The van der Waals surface area contributed by atoms with E-state index in [9.17, 15) is 21.9 Å². The average Bonchev–Trinajstić information content (AvgIpc) is 2.87. The van der Waals surface area contributed by atoms with Crippen molar-refractivity contribution in [2.24, 2.45) is 0 Å². The molecular formula is C27H26N4O6S2. The molecule has 5 aromatic rings. The molecule has 12 heteroatoms. The molecule has 0 atom stereocenters. The first kappa shape index (κ1) is 27.6. The summed E-state index contributed by atoms with van der Waals surface area (Å²) in [7, 11) is -6.72. The van der Waals surface area contributed by atoms with Gasteiger partial charge in [-0.25, -0.2) is 26.8 Å². The minimum atomic E-state index is -3.37. The minimum Gasteiger partial charge on any atom is -0.506 e. The van der Waals surface area contributed by atoms with E-state index in [1.807, 2.05) is 54.6 Å². The highest BCUT2D eigenvalue weighted by Gasteiger charge is 2.09. The van der Waals surface area contributed by atoms with Crippen LogP contribution >= 0.6 is 0 Å². The lowest BCUT2D eigenvalue weighted by Gasteiger charge is -2.10. The van der Waals surface area contributed by atoms with Gasteiger partial charge in [0.25, 0.3) is 0 Å². The molecule has 3 N–H and O–H groups in total. The predicted molar refractivity (Wildman–Crippen MR) is 153 cm³/mol. The third kappa shape index (κ3) is 8.03. The van der Waals surface area contributed by atoms with Crippen LogP contribution < -0.4 is 14.2 Å². The number of hydrogen-bond acceptors (Lipinski definition) is 8. The van der Waals surface area contributed by atoms with E-state index in [0.717, 1.165) is 28.8 Å². The van der Waals surface area contributed by atoms with E-state index in [0.29, 0.717) is 23.4 Å². The van der Waals surface area contributed by atoms with Crippen LogP contribution in [-0.2, 0) is 26.7 Å². The molecule has 10 nitrogen and oxygen atoms in total. The van der Waals surface area contributed by atoms with Gasteiger partial charge in [-0.15, -0.1) is 0 Å². The molecule has 0 aliphatic rings. The van der Waals surface area contributed by atoms with Gasteiger partial charge < -0.3 is 9.84 Å². The lowest BCUT2D eigenvalue weighted by molar-refractivity contribution is 0.309. The second kappa shape index (κ2) is 11.5. The van der Waals surface area contributed by atoms with Crippen LogP contribution in [0.4, 0.5) is 11.6 Å². The summed E-state index contributed by atoms with van der Waals surface area (Å²) in [4.78, 5) is 8.38. The summed E-state index contributed by atoms with van der Waals surface area (Å²) in [6, 6.07) is 27.1. The smallest absolute Gasteiger partial charge is 0.230 e. The van der Waals surface area contributed by atoms with Crippen molar-refractivity contribution < 1.29 is 26.7 Å². The highest BCUT2D eigenvalue weighted by atomic mass is 32.2. The molecule has 0 saturated heterocycles. The number of rotatable bonds is 7. The van der Waals surface area contributed by atoms with Gasteiger partial charge in [0.1, 0.15) is 40.8 Å². The fourth-order valence-corrected chi connectivity index (χ4v) is 4.58. The number of phenols is 1. The Kier molecular flexibility index (Phi) is 8.17. The van der Waals surface area contributed by atoms with Gasteiger partial charge in [0.05, 0.1) is 12.5 Å². The van der Waals surface area contributed by atoms with E-state index in [1.165, 1.54) is 6.07 Å². The van der Waals surface area contributed by atoms with Crippen molar-refractivity contribution >= 4 is 53.5 Å². The average molecular weight is 567 g/mol. The molecule has 39 heavy (non-hydrogen) atoms. The number of nitrogens with zero attached hydrogens (tertiary/aromatic N) is 2. The highest BCUT2D eigenvalue weighted by molar-refractivity contribution is 7.92. The Bertz CT molecular complexity index is 1830. The fraction of sp³-hybridized carbons (Fsp3) is 0.111. The van der Waals surface area contributed by atoms with E-state index in [4.69, 9.17) is 4.74 Å². The number of aromatic nitrogens is 2. The van der Waals surface area contributed by atoms with Crippen molar-refractivity contribution in [3.63, 3.8) is 0 Å². The molecule has 2 aromatic heterocycles. The van der Waals surface area contributed by atoms with Crippen molar-refractivity contribution in [1.82, 2.24) is 9.97 Å². The van der Waals surface area contributed by atoms with Crippen LogP contribution in [0, 0.1) is 0 Å². The maximum atomic E-state index is 11.4. The first-order valence-corrected chi connectivity index (χ1v) is 15.4. The van der Waals surface area contributed by atoms with Gasteiger partial charge in [0.2, 0.25) is 20.0 Å². The number of nitrogens with one attached hydrogen (secondary N) is 2. The zero-order valence-corrected chi connectivity index (χ0v) is 22.7. The number of aromatic hydroxyl groups is 1. The van der Waals surface area contributed by atoms with E-state index >= 15 is 0 Å². The Morgan fingerprint density at radius 3 is 1.79 bits per heavy atom. The molecule has 2 heterocycles. The van der Waals surface area contributed by atoms with Gasteiger partial charge in [-0.1, -0.05) is 54.6 Å². The molecule has 0 fully saturated rings. The molecule has 0 saturated carbocycles. The highest BCUT2D eigenvalue weighted by Crippen LogP contribution is 2.26. The zero-order chi connectivity index (χ0) is 28.0. The predicted octanol–water partition coefficient (Wildman–Crippen LogP) is 4.50. The van der Waals surface area contributed by atoms with Crippen molar-refractivity contribution in [3.05, 3.63) is 96.6 Å². The van der Waals surface area contributed by atoms with E-state index in [-0.39, 0.29) is 17.4 Å². The van der Waals surface area contributed by atoms with Crippen LogP contribution in [0.2, 0.25) is 0 Å². The number of ether oxygens (including phenoxy) is 1. The number of benzene rings is 3. The summed E-state index contributed by atoms with van der Waals surface area (Å²) in [6.45, 7) is 0.422. The molecular weight excluding hydrogens is 540 g/mol. The standard InChI is InChI=1S/C17H16N2O3S.C10H10N2O3S/c1-23(20,21)19-16-11-10-14-8-5-9-15(17(14)18-16)22-12-13-6-3-2-4-7-13;1-16(14,15)12-9-6-5-7-3-2-4-8(13)10(7)11-9/h2-11H,12H2,1H3,(H,18,19);2-6,13H,1H3,(H,11,12). The first-order valence-electron chi connectivity index (χ1n) is 11.6. The van der Waals surface area contributed by atoms with Crippen LogP contribution in [0.15, 0.2) is 91.0 Å². The molecule has 0 unspecified atom stereocenters. The number of para-hydroxylation sites is 2. The Hall–Kier alpha value is -4.42. The van der Waals surface area contributed by atoms with Gasteiger partial charge >= 0.3 is 0 Å². The number of phenolic OH excluding ortho intramolecular Hbond substituents is 1. The Morgan fingerprint density at radius 1 is 0.667 bits per heavy atom. The van der Waals surface area contributed by atoms with Crippen LogP contribution in [0.5, 0.6) is 11.5 Å². The molecule has 0 radical (unpaired) electrons. The molecule has 0 aliphatic heterocycles. The summed E-state index contributed by atoms with van der Waals surface area (Å²) in [5.41, 5.74) is 2.04. The number of anilines is 2. The topological polar surface area (TPSA) is 148 Å². The molecule has 5 rings (SSSR count). The minimum absolute atomic E-state index is 0.0228. The fourth-order valence-electron chi connectivity index (χ4n) is 3.60. The third-order valence-electron chi connectivity index (χ3n) is 5.20. The maximum absolute atomic E-state index is 11.4. The summed E-state index contributed by atoms with van der Waals surface area (Å²) >= 11 is 0. The van der Waals surface area contributed by atoms with Crippen molar-refractivity contribution in [2.75, 3.05) is 22.0 Å². The maximum Gasteiger partial charge on any atom is 0.230 e. The molecule has 0 amide bonds. The SMILES string of the molecule is CS(=O)(=O)Nc1ccc2cccc(O)c2n1.CS(=O)(=O)Nc1ccc2cccc(OCc3ccccc3)c2n1. The van der Waals surface area contributed by atoms with Crippen LogP contribution in [0.1, 0.15) is 5.56 Å². The second-order valence-electron chi connectivity index (χ2n) is 8.59. The van der Waals surface area contributed by atoms with Crippen molar-refractivity contribution in [3.8, 4) is 11.5 Å².